The topological polar surface area (TPSA) is 82.5 Å². The number of aliphatic hydroxyl groups is 1. The van der Waals surface area contributed by atoms with Gasteiger partial charge >= 0.3 is 5.97 Å². The quantitative estimate of drug-likeness (QED) is 0.779. The van der Waals surface area contributed by atoms with Crippen LogP contribution in [0, 0.1) is 5.92 Å². The number of pyridine rings is 1. The molecule has 1 aromatic heterocycles. The summed E-state index contributed by atoms with van der Waals surface area (Å²) in [6, 6.07) is 8.82. The van der Waals surface area contributed by atoms with Gasteiger partial charge in [-0.2, -0.15) is 0 Å². The summed E-state index contributed by atoms with van der Waals surface area (Å²) in [6.07, 6.45) is -0.491. The molecule has 20 heavy (non-hydrogen) atoms. The van der Waals surface area contributed by atoms with Crippen molar-refractivity contribution >= 4 is 22.6 Å². The first-order chi connectivity index (χ1) is 9.49. The molecule has 0 bridgehead atoms. The van der Waals surface area contributed by atoms with Crippen LogP contribution in [0.4, 0.5) is 5.69 Å². The molecule has 3 N–H and O–H groups in total. The molecule has 0 fully saturated rings. The summed E-state index contributed by atoms with van der Waals surface area (Å²) in [7, 11) is 0. The van der Waals surface area contributed by atoms with E-state index in [1.165, 1.54) is 6.07 Å². The molecule has 5 nitrogen and oxygen atoms in total. The summed E-state index contributed by atoms with van der Waals surface area (Å²) in [6.45, 7) is 4.23. The van der Waals surface area contributed by atoms with Crippen LogP contribution in [0.1, 0.15) is 24.3 Å². The Bertz CT molecular complexity index is 626. The molecule has 5 heteroatoms. The van der Waals surface area contributed by atoms with Crippen molar-refractivity contribution in [2.24, 2.45) is 5.92 Å². The molecule has 1 heterocycles. The number of carboxylic acids is 1. The van der Waals surface area contributed by atoms with Crippen LogP contribution < -0.4 is 5.32 Å². The van der Waals surface area contributed by atoms with Crippen molar-refractivity contribution in [1.29, 1.82) is 0 Å². The molecule has 0 aliphatic heterocycles. The smallest absolute Gasteiger partial charge is 0.354 e. The van der Waals surface area contributed by atoms with Crippen LogP contribution in [0.2, 0.25) is 0 Å². The number of rotatable bonds is 5. The second kappa shape index (κ2) is 5.88. The average Bonchev–Trinajstić information content (AvgIpc) is 2.43. The van der Waals surface area contributed by atoms with E-state index in [-0.39, 0.29) is 11.6 Å². The number of hydrogen-bond acceptors (Lipinski definition) is 4. The van der Waals surface area contributed by atoms with E-state index in [2.05, 4.69) is 10.3 Å². The van der Waals surface area contributed by atoms with Gasteiger partial charge in [0, 0.05) is 17.6 Å². The lowest BCUT2D eigenvalue weighted by Gasteiger charge is -2.17. The van der Waals surface area contributed by atoms with Gasteiger partial charge in [-0.25, -0.2) is 9.78 Å². The molecule has 106 valence electrons. The number of fused-ring (bicyclic) bond motifs is 1. The van der Waals surface area contributed by atoms with Crippen LogP contribution >= 0.6 is 0 Å². The minimum atomic E-state index is -1.07. The van der Waals surface area contributed by atoms with Gasteiger partial charge in [0.2, 0.25) is 0 Å². The number of aliphatic hydroxyl groups excluding tert-OH is 1. The van der Waals surface area contributed by atoms with Gasteiger partial charge in [0.15, 0.2) is 5.69 Å². The largest absolute Gasteiger partial charge is 0.477 e. The number of hydrogen-bond donors (Lipinski definition) is 3. The van der Waals surface area contributed by atoms with E-state index in [0.717, 1.165) is 5.39 Å². The van der Waals surface area contributed by atoms with Crippen LogP contribution in [-0.4, -0.2) is 33.8 Å². The molecule has 0 saturated carbocycles. The third kappa shape index (κ3) is 3.05. The summed E-state index contributed by atoms with van der Waals surface area (Å²) in [4.78, 5) is 15.2. The SMILES string of the molecule is CC(C)C(O)CNc1cc(C(=O)O)nc2ccccc12. The summed E-state index contributed by atoms with van der Waals surface area (Å²) in [5.41, 5.74) is 1.28. The summed E-state index contributed by atoms with van der Waals surface area (Å²) >= 11 is 0. The van der Waals surface area contributed by atoms with E-state index in [0.29, 0.717) is 17.7 Å². The second-order valence-corrected chi connectivity index (χ2v) is 5.07. The Hall–Kier alpha value is -2.14. The third-order valence-corrected chi connectivity index (χ3v) is 3.21. The molecular formula is C15H18N2O3. The number of aromatic carboxylic acids is 1. The highest BCUT2D eigenvalue weighted by Crippen LogP contribution is 2.23. The predicted molar refractivity (Wildman–Crippen MR) is 78.0 cm³/mol. The highest BCUT2D eigenvalue weighted by Gasteiger charge is 2.13. The maximum Gasteiger partial charge on any atom is 0.354 e. The third-order valence-electron chi connectivity index (χ3n) is 3.21. The molecule has 0 saturated heterocycles. The number of para-hydroxylation sites is 1. The fourth-order valence-corrected chi connectivity index (χ4v) is 1.88. The van der Waals surface area contributed by atoms with E-state index in [9.17, 15) is 9.90 Å². The Balaban J connectivity index is 2.37. The van der Waals surface area contributed by atoms with Gasteiger partial charge in [-0.3, -0.25) is 0 Å². The van der Waals surface area contributed by atoms with Crippen molar-refractivity contribution in [3.8, 4) is 0 Å². The lowest BCUT2D eigenvalue weighted by atomic mass is 10.1. The van der Waals surface area contributed by atoms with Gasteiger partial charge in [-0.15, -0.1) is 0 Å². The van der Waals surface area contributed by atoms with Crippen molar-refractivity contribution in [2.75, 3.05) is 11.9 Å². The summed E-state index contributed by atoms with van der Waals surface area (Å²) in [5.74, 6) is -0.933. The van der Waals surface area contributed by atoms with Gasteiger partial charge in [-0.1, -0.05) is 32.0 Å². The molecule has 1 aromatic carbocycles. The first-order valence-corrected chi connectivity index (χ1v) is 6.54. The fraction of sp³-hybridized carbons (Fsp3) is 0.333. The fourth-order valence-electron chi connectivity index (χ4n) is 1.88. The average molecular weight is 274 g/mol. The number of anilines is 1. The van der Waals surface area contributed by atoms with Gasteiger partial charge in [0.05, 0.1) is 11.6 Å². The predicted octanol–water partition coefficient (Wildman–Crippen LogP) is 2.36. The lowest BCUT2D eigenvalue weighted by molar-refractivity contribution is 0.0691. The Morgan fingerprint density at radius 3 is 2.70 bits per heavy atom. The lowest BCUT2D eigenvalue weighted by Crippen LogP contribution is -2.25. The first kappa shape index (κ1) is 14.3. The van der Waals surface area contributed by atoms with Crippen molar-refractivity contribution in [2.45, 2.75) is 20.0 Å². The number of nitrogens with one attached hydrogen (secondary N) is 1. The molecule has 0 amide bonds. The molecule has 2 rings (SSSR count). The Morgan fingerprint density at radius 2 is 2.05 bits per heavy atom. The Morgan fingerprint density at radius 1 is 1.35 bits per heavy atom. The maximum atomic E-state index is 11.1. The molecule has 0 radical (unpaired) electrons. The maximum absolute atomic E-state index is 11.1. The number of carbonyl (C=O) groups is 1. The molecule has 1 unspecified atom stereocenters. The van der Waals surface area contributed by atoms with E-state index < -0.39 is 12.1 Å². The van der Waals surface area contributed by atoms with E-state index in [1.54, 1.807) is 6.07 Å². The summed E-state index contributed by atoms with van der Waals surface area (Å²) in [5, 5.41) is 22.9. The zero-order chi connectivity index (χ0) is 14.7. The van der Waals surface area contributed by atoms with Gasteiger partial charge in [-0.05, 0) is 18.1 Å². The molecule has 1 atom stereocenters. The van der Waals surface area contributed by atoms with Crippen LogP contribution in [0.5, 0.6) is 0 Å². The molecular weight excluding hydrogens is 256 g/mol. The number of nitrogens with zero attached hydrogens (tertiary/aromatic N) is 1. The standard InChI is InChI=1S/C15H18N2O3/c1-9(2)14(18)8-16-12-7-13(15(19)20)17-11-6-4-3-5-10(11)12/h3-7,9,14,18H,8H2,1-2H3,(H,16,17)(H,19,20). The first-order valence-electron chi connectivity index (χ1n) is 6.54. The zero-order valence-electron chi connectivity index (χ0n) is 11.5. The van der Waals surface area contributed by atoms with Gasteiger partial charge < -0.3 is 15.5 Å². The molecule has 0 spiro atoms. The zero-order valence-corrected chi connectivity index (χ0v) is 11.5. The van der Waals surface area contributed by atoms with Gasteiger partial charge in [0.25, 0.3) is 0 Å². The Labute approximate surface area is 117 Å². The normalized spacial score (nSPS) is 12.6. The summed E-state index contributed by atoms with van der Waals surface area (Å²) < 4.78 is 0. The van der Waals surface area contributed by atoms with E-state index >= 15 is 0 Å². The van der Waals surface area contributed by atoms with Crippen molar-refractivity contribution in [3.63, 3.8) is 0 Å². The van der Waals surface area contributed by atoms with Crippen LogP contribution in [0.15, 0.2) is 30.3 Å². The van der Waals surface area contributed by atoms with E-state index in [4.69, 9.17) is 5.11 Å². The molecule has 2 aromatic rings. The molecule has 0 aliphatic rings. The van der Waals surface area contributed by atoms with Gasteiger partial charge in [0.1, 0.15) is 0 Å². The van der Waals surface area contributed by atoms with Crippen LogP contribution in [0.25, 0.3) is 10.9 Å². The highest BCUT2D eigenvalue weighted by atomic mass is 16.4. The molecule has 0 aliphatic carbocycles. The van der Waals surface area contributed by atoms with Crippen molar-refractivity contribution in [1.82, 2.24) is 4.98 Å². The second-order valence-electron chi connectivity index (χ2n) is 5.07. The van der Waals surface area contributed by atoms with Crippen molar-refractivity contribution in [3.05, 3.63) is 36.0 Å². The van der Waals surface area contributed by atoms with Crippen molar-refractivity contribution < 1.29 is 15.0 Å². The minimum Gasteiger partial charge on any atom is -0.477 e. The van der Waals surface area contributed by atoms with E-state index in [1.807, 2.05) is 32.0 Å². The number of carboxylic acid groups (broad SMARTS) is 1. The minimum absolute atomic E-state index is 0.00904. The number of aromatic nitrogens is 1. The monoisotopic (exact) mass is 274 g/mol. The number of benzene rings is 1. The Kier molecular flexibility index (Phi) is 4.20. The van der Waals surface area contributed by atoms with Crippen LogP contribution in [0.3, 0.4) is 0 Å². The highest BCUT2D eigenvalue weighted by molar-refractivity contribution is 5.97. The van der Waals surface area contributed by atoms with Crippen LogP contribution in [-0.2, 0) is 0 Å².